The Kier molecular flexibility index (Phi) is 29.3. The quantitative estimate of drug-likeness (QED) is 0.284. The molecule has 0 aliphatic rings. The summed E-state index contributed by atoms with van der Waals surface area (Å²) in [6, 6.07) is -0.667. The zero-order chi connectivity index (χ0) is 21.8. The van der Waals surface area contributed by atoms with Crippen LogP contribution in [0.3, 0.4) is 0 Å². The van der Waals surface area contributed by atoms with Gasteiger partial charge in [-0.2, -0.15) is 0 Å². The number of carboxylic acids is 3. The smallest absolute Gasteiger partial charge is 0.550 e. The predicted molar refractivity (Wildman–Crippen MR) is 103 cm³/mol. The van der Waals surface area contributed by atoms with E-state index in [0.29, 0.717) is 0 Å². The molecule has 3 unspecified atom stereocenters. The molecule has 0 aromatic heterocycles. The molecule has 162 valence electrons. The Labute approximate surface area is 179 Å². The van der Waals surface area contributed by atoms with E-state index in [-0.39, 0.29) is 54.7 Å². The van der Waals surface area contributed by atoms with Gasteiger partial charge in [0.1, 0.15) is 0 Å². The molecule has 0 saturated carbocycles. The summed E-state index contributed by atoms with van der Waals surface area (Å²) >= 11 is 0. The van der Waals surface area contributed by atoms with Crippen LogP contribution >= 0.6 is 0 Å². The van der Waals surface area contributed by atoms with Crippen LogP contribution in [0.4, 0.5) is 0 Å². The minimum atomic E-state index is -1.06. The second kappa shape index (κ2) is 23.9. The summed E-state index contributed by atoms with van der Waals surface area (Å²) < 4.78 is 0. The number of aliphatic carboxylic acids is 3. The van der Waals surface area contributed by atoms with Crippen molar-refractivity contribution in [3.63, 3.8) is 0 Å². The van der Waals surface area contributed by atoms with E-state index in [1.165, 1.54) is 0 Å². The van der Waals surface area contributed by atoms with Crippen LogP contribution in [0.5, 0.6) is 0 Å². The molecule has 0 radical (unpaired) electrons. The molecule has 0 saturated heterocycles. The van der Waals surface area contributed by atoms with Gasteiger partial charge < -0.3 is 46.9 Å². The number of hydrogen-bond donors (Lipinski definition) is 3. The number of hydrogen-bond acceptors (Lipinski definition) is 9. The Morgan fingerprint density at radius 3 is 0.893 bits per heavy atom. The normalized spacial score (nSPS) is 12.6. The Hall–Kier alpha value is -1.18. The summed E-state index contributed by atoms with van der Waals surface area (Å²) in [4.78, 5) is 29.7. The van der Waals surface area contributed by atoms with Gasteiger partial charge in [0.15, 0.2) is 0 Å². The standard InChI is InChI=1S/3C6H13NO2.Al/c3*1-2-3-5(7)4-6(8)9;/h3*5H,2-4,7H2,1H3,(H,8,9);/q;;;+3/p-3. The van der Waals surface area contributed by atoms with E-state index < -0.39 is 17.9 Å². The summed E-state index contributed by atoms with van der Waals surface area (Å²) in [7, 11) is 0. The van der Waals surface area contributed by atoms with Crippen LogP contribution in [-0.4, -0.2) is 53.4 Å². The van der Waals surface area contributed by atoms with Crippen molar-refractivity contribution in [2.75, 3.05) is 0 Å². The minimum absolute atomic E-state index is 0. The maximum atomic E-state index is 9.89. The first-order valence-electron chi connectivity index (χ1n) is 9.36. The van der Waals surface area contributed by atoms with Crippen molar-refractivity contribution in [1.29, 1.82) is 0 Å². The Morgan fingerprint density at radius 2 is 0.786 bits per heavy atom. The van der Waals surface area contributed by atoms with Gasteiger partial charge in [0.2, 0.25) is 0 Å². The Morgan fingerprint density at radius 1 is 0.607 bits per heavy atom. The number of carbonyl (C=O) groups is 3. The molecule has 0 fully saturated rings. The molecule has 3 atom stereocenters. The summed E-state index contributed by atoms with van der Waals surface area (Å²) in [5, 5.41) is 29.7. The van der Waals surface area contributed by atoms with Gasteiger partial charge in [0.25, 0.3) is 0 Å². The third kappa shape index (κ3) is 35.9. The molecule has 0 spiro atoms. The van der Waals surface area contributed by atoms with Gasteiger partial charge in [-0.05, 0) is 19.3 Å². The van der Waals surface area contributed by atoms with Crippen LogP contribution < -0.4 is 32.5 Å². The largest absolute Gasteiger partial charge is 3.00 e. The number of carbonyl (C=O) groups excluding carboxylic acids is 3. The maximum absolute atomic E-state index is 9.89. The predicted octanol–water partition coefficient (Wildman–Crippen LogP) is -2.62. The first-order valence-corrected chi connectivity index (χ1v) is 9.36. The van der Waals surface area contributed by atoms with Crippen molar-refractivity contribution in [2.24, 2.45) is 17.2 Å². The second-order valence-corrected chi connectivity index (χ2v) is 6.37. The summed E-state index contributed by atoms with van der Waals surface area (Å²) in [6.07, 6.45) is 4.99. The summed E-state index contributed by atoms with van der Waals surface area (Å²) in [5.74, 6) is -3.18. The number of carboxylic acid groups (broad SMARTS) is 3. The van der Waals surface area contributed by atoms with Gasteiger partial charge in [-0.3, -0.25) is 0 Å². The van der Waals surface area contributed by atoms with E-state index in [4.69, 9.17) is 17.2 Å². The molecule has 9 nitrogen and oxygen atoms in total. The molecule has 0 aromatic rings. The van der Waals surface area contributed by atoms with E-state index >= 15 is 0 Å². The SMILES string of the molecule is CCCC(N)CC(=O)[O-].CCCC(N)CC(=O)[O-].CCCC(N)CC(=O)[O-].[Al+3]. The molecule has 0 aromatic carbocycles. The molecule has 28 heavy (non-hydrogen) atoms. The van der Waals surface area contributed by atoms with Crippen LogP contribution in [0.1, 0.15) is 78.6 Å². The maximum Gasteiger partial charge on any atom is 3.00 e. The first-order chi connectivity index (χ1) is 12.5. The van der Waals surface area contributed by atoms with E-state index in [0.717, 1.165) is 38.5 Å². The molecule has 0 heterocycles. The average molecular weight is 417 g/mol. The molecular formula is C18H36AlN3O6. The van der Waals surface area contributed by atoms with Crippen molar-refractivity contribution in [1.82, 2.24) is 0 Å². The van der Waals surface area contributed by atoms with Crippen LogP contribution in [0, 0.1) is 0 Å². The summed E-state index contributed by atoms with van der Waals surface area (Å²) in [5.41, 5.74) is 16.1. The average Bonchev–Trinajstić information content (AvgIpc) is 2.46. The number of rotatable bonds is 12. The van der Waals surface area contributed by atoms with Crippen molar-refractivity contribution in [3.8, 4) is 0 Å². The fourth-order valence-electron chi connectivity index (χ4n) is 2.06. The van der Waals surface area contributed by atoms with E-state index in [1.807, 2.05) is 20.8 Å². The van der Waals surface area contributed by atoms with Crippen molar-refractivity contribution >= 4 is 35.3 Å². The van der Waals surface area contributed by atoms with E-state index in [9.17, 15) is 29.7 Å². The summed E-state index contributed by atoms with van der Waals surface area (Å²) in [6.45, 7) is 5.90. The van der Waals surface area contributed by atoms with Crippen LogP contribution in [0.2, 0.25) is 0 Å². The van der Waals surface area contributed by atoms with Crippen molar-refractivity contribution in [2.45, 2.75) is 96.7 Å². The van der Waals surface area contributed by atoms with Crippen LogP contribution in [0.15, 0.2) is 0 Å². The third-order valence-corrected chi connectivity index (χ3v) is 3.26. The van der Waals surface area contributed by atoms with Crippen molar-refractivity contribution < 1.29 is 29.7 Å². The Balaban J connectivity index is -0.000000152. The van der Waals surface area contributed by atoms with Gasteiger partial charge in [-0.25, -0.2) is 0 Å². The minimum Gasteiger partial charge on any atom is -0.550 e. The first kappa shape index (κ1) is 34.3. The molecule has 0 bridgehead atoms. The van der Waals surface area contributed by atoms with Gasteiger partial charge in [-0.1, -0.05) is 40.0 Å². The van der Waals surface area contributed by atoms with Gasteiger partial charge in [-0.15, -0.1) is 0 Å². The van der Waals surface area contributed by atoms with E-state index in [2.05, 4.69) is 0 Å². The third-order valence-electron chi connectivity index (χ3n) is 3.26. The molecule has 0 aliphatic carbocycles. The fourth-order valence-corrected chi connectivity index (χ4v) is 2.06. The topological polar surface area (TPSA) is 198 Å². The molecule has 0 amide bonds. The molecular weight excluding hydrogens is 381 g/mol. The molecule has 6 N–H and O–H groups in total. The second-order valence-electron chi connectivity index (χ2n) is 6.37. The molecule has 0 aliphatic heterocycles. The van der Waals surface area contributed by atoms with Gasteiger partial charge in [0.05, 0.1) is 0 Å². The zero-order valence-electron chi connectivity index (χ0n) is 17.4. The van der Waals surface area contributed by atoms with Crippen LogP contribution in [-0.2, 0) is 14.4 Å². The molecule has 10 heteroatoms. The van der Waals surface area contributed by atoms with Crippen molar-refractivity contribution in [3.05, 3.63) is 0 Å². The van der Waals surface area contributed by atoms with Crippen LogP contribution in [0.25, 0.3) is 0 Å². The zero-order valence-corrected chi connectivity index (χ0v) is 18.5. The van der Waals surface area contributed by atoms with Gasteiger partial charge >= 0.3 is 17.4 Å². The number of nitrogens with two attached hydrogens (primary N) is 3. The van der Waals surface area contributed by atoms with Gasteiger partial charge in [0, 0.05) is 55.3 Å². The monoisotopic (exact) mass is 417 g/mol. The Bertz CT molecular complexity index is 342. The van der Waals surface area contributed by atoms with E-state index in [1.54, 1.807) is 0 Å². The fraction of sp³-hybridized carbons (Fsp3) is 0.833. The molecule has 0 rings (SSSR count).